The van der Waals surface area contributed by atoms with Crippen molar-refractivity contribution in [2.75, 3.05) is 19.6 Å². The monoisotopic (exact) mass is 342 g/mol. The molecule has 9 heteroatoms. The molecule has 0 spiro atoms. The van der Waals surface area contributed by atoms with Crippen LogP contribution >= 0.6 is 11.6 Å². The third kappa shape index (κ3) is 2.94. The Bertz CT molecular complexity index is 812. The van der Waals surface area contributed by atoms with Crippen LogP contribution in [0.15, 0.2) is 23.4 Å². The van der Waals surface area contributed by atoms with E-state index >= 15 is 0 Å². The van der Waals surface area contributed by atoms with Gasteiger partial charge >= 0.3 is 0 Å². The number of H-pyrrole nitrogens is 1. The second kappa shape index (κ2) is 5.86. The van der Waals surface area contributed by atoms with Crippen LogP contribution in [0.1, 0.15) is 12.8 Å². The molecule has 0 aliphatic carbocycles. The van der Waals surface area contributed by atoms with E-state index in [4.69, 9.17) is 11.6 Å². The van der Waals surface area contributed by atoms with Crippen molar-refractivity contribution >= 4 is 38.6 Å². The molecule has 3 rings (SSSR count). The predicted octanol–water partition coefficient (Wildman–Crippen LogP) is 1.12. The predicted molar refractivity (Wildman–Crippen MR) is 82.1 cm³/mol. The van der Waals surface area contributed by atoms with Crippen molar-refractivity contribution in [3.63, 3.8) is 0 Å². The highest BCUT2D eigenvalue weighted by Gasteiger charge is 2.23. The number of hydrogen-bond donors (Lipinski definition) is 2. The van der Waals surface area contributed by atoms with E-state index in [0.717, 1.165) is 12.8 Å². The van der Waals surface area contributed by atoms with Crippen LogP contribution in [0, 0.1) is 0 Å². The lowest BCUT2D eigenvalue weighted by atomic mass is 10.3. The lowest BCUT2D eigenvalue weighted by Crippen LogP contribution is -2.38. The highest BCUT2D eigenvalue weighted by atomic mass is 35.5. The van der Waals surface area contributed by atoms with Gasteiger partial charge in [-0.05, 0) is 18.9 Å². The lowest BCUT2D eigenvalue weighted by Gasteiger charge is -2.15. The number of aromatic nitrogens is 2. The molecule has 2 N–H and O–H groups in total. The van der Waals surface area contributed by atoms with Gasteiger partial charge in [-0.3, -0.25) is 4.79 Å². The molecule has 1 fully saturated rings. The van der Waals surface area contributed by atoms with Gasteiger partial charge in [0.25, 0.3) is 0 Å². The first-order valence-electron chi connectivity index (χ1n) is 6.87. The van der Waals surface area contributed by atoms with Crippen molar-refractivity contribution in [1.29, 1.82) is 0 Å². The second-order valence-electron chi connectivity index (χ2n) is 5.12. The van der Waals surface area contributed by atoms with Crippen LogP contribution in [-0.2, 0) is 14.8 Å². The molecule has 22 heavy (non-hydrogen) atoms. The van der Waals surface area contributed by atoms with Crippen molar-refractivity contribution < 1.29 is 13.2 Å². The summed E-state index contributed by atoms with van der Waals surface area (Å²) < 4.78 is 27.1. The topological polar surface area (TPSA) is 95.2 Å². The minimum absolute atomic E-state index is 0.0340. The fourth-order valence-electron chi connectivity index (χ4n) is 2.49. The highest BCUT2D eigenvalue weighted by molar-refractivity contribution is 7.89. The van der Waals surface area contributed by atoms with Gasteiger partial charge in [0.2, 0.25) is 15.9 Å². The number of pyridine rings is 1. The Labute approximate surface area is 132 Å². The van der Waals surface area contributed by atoms with Gasteiger partial charge in [0.1, 0.15) is 10.5 Å². The minimum atomic E-state index is -3.81. The quantitative estimate of drug-likeness (QED) is 0.870. The van der Waals surface area contributed by atoms with Crippen LogP contribution in [0.2, 0.25) is 5.02 Å². The van der Waals surface area contributed by atoms with Gasteiger partial charge in [0, 0.05) is 30.9 Å². The molecule has 1 amide bonds. The maximum absolute atomic E-state index is 12.4. The summed E-state index contributed by atoms with van der Waals surface area (Å²) in [7, 11) is -3.81. The molecule has 0 saturated carbocycles. The van der Waals surface area contributed by atoms with Crippen LogP contribution in [0.5, 0.6) is 0 Å². The zero-order chi connectivity index (χ0) is 15.7. The number of nitrogens with one attached hydrogen (secondary N) is 2. The summed E-state index contributed by atoms with van der Waals surface area (Å²) in [5, 5.41) is 0.741. The molecule has 1 aliphatic heterocycles. The van der Waals surface area contributed by atoms with E-state index in [-0.39, 0.29) is 17.3 Å². The minimum Gasteiger partial charge on any atom is -0.345 e. The number of rotatable bonds is 4. The first-order valence-corrected chi connectivity index (χ1v) is 8.73. The molecule has 0 atom stereocenters. The molecule has 0 aromatic carbocycles. The number of likely N-dealkylation sites (tertiary alicyclic amines) is 1. The number of aromatic amines is 1. The first kappa shape index (κ1) is 15.3. The van der Waals surface area contributed by atoms with E-state index in [1.54, 1.807) is 4.90 Å². The highest BCUT2D eigenvalue weighted by Crippen LogP contribution is 2.23. The summed E-state index contributed by atoms with van der Waals surface area (Å²) in [5.74, 6) is -0.211. The average Bonchev–Trinajstić information content (AvgIpc) is 3.13. The number of sulfonamides is 1. The van der Waals surface area contributed by atoms with E-state index < -0.39 is 10.0 Å². The molecular weight excluding hydrogens is 328 g/mol. The number of carbonyl (C=O) groups excluding carboxylic acids is 1. The van der Waals surface area contributed by atoms with Crippen LogP contribution in [0.4, 0.5) is 0 Å². The number of carbonyl (C=O) groups is 1. The Hall–Kier alpha value is -1.64. The molecular formula is C13H15ClN4O3S. The summed E-state index contributed by atoms with van der Waals surface area (Å²) in [6.07, 6.45) is 4.70. The molecule has 3 heterocycles. The first-order chi connectivity index (χ1) is 10.5. The van der Waals surface area contributed by atoms with E-state index in [9.17, 15) is 13.2 Å². The molecule has 0 unspecified atom stereocenters. The van der Waals surface area contributed by atoms with Crippen molar-refractivity contribution in [2.24, 2.45) is 0 Å². The van der Waals surface area contributed by atoms with Crippen LogP contribution in [0.3, 0.4) is 0 Å². The molecule has 0 radical (unpaired) electrons. The molecule has 0 bridgehead atoms. The zero-order valence-electron chi connectivity index (χ0n) is 11.7. The fourth-order valence-corrected chi connectivity index (χ4v) is 3.78. The number of halogens is 1. The van der Waals surface area contributed by atoms with Crippen molar-refractivity contribution in [3.05, 3.63) is 23.5 Å². The number of nitrogens with zero attached hydrogens (tertiary/aromatic N) is 2. The summed E-state index contributed by atoms with van der Waals surface area (Å²) >= 11 is 5.86. The normalized spacial score (nSPS) is 15.6. The van der Waals surface area contributed by atoms with Crippen molar-refractivity contribution in [3.8, 4) is 0 Å². The number of fused-ring (bicyclic) bond motifs is 1. The molecule has 1 aliphatic rings. The van der Waals surface area contributed by atoms with Gasteiger partial charge in [-0.2, -0.15) is 0 Å². The Morgan fingerprint density at radius 3 is 2.86 bits per heavy atom. The Balaban J connectivity index is 1.79. The van der Waals surface area contributed by atoms with Crippen LogP contribution < -0.4 is 4.72 Å². The van der Waals surface area contributed by atoms with E-state index in [1.807, 2.05) is 0 Å². The number of amides is 1. The largest absolute Gasteiger partial charge is 0.345 e. The third-order valence-corrected chi connectivity index (χ3v) is 5.27. The maximum Gasteiger partial charge on any atom is 0.243 e. The summed E-state index contributed by atoms with van der Waals surface area (Å²) in [6.45, 7) is 1.13. The standard InChI is InChI=1S/C13H15ClN4O3S/c14-9-5-10-11(7-16-13(10)15-6-9)22(20,21)17-8-12(19)18-3-1-2-4-18/h5-7,17H,1-4,8H2,(H,15,16). The molecule has 7 nitrogen and oxygen atoms in total. The Morgan fingerprint density at radius 2 is 2.14 bits per heavy atom. The van der Waals surface area contributed by atoms with Gasteiger partial charge < -0.3 is 9.88 Å². The van der Waals surface area contributed by atoms with Gasteiger partial charge in [-0.1, -0.05) is 11.6 Å². The summed E-state index contributed by atoms with van der Waals surface area (Å²) in [6, 6.07) is 1.53. The van der Waals surface area contributed by atoms with E-state index in [2.05, 4.69) is 14.7 Å². The van der Waals surface area contributed by atoms with Crippen molar-refractivity contribution in [1.82, 2.24) is 19.6 Å². The second-order valence-corrected chi connectivity index (χ2v) is 7.29. The van der Waals surface area contributed by atoms with E-state index in [0.29, 0.717) is 29.1 Å². The van der Waals surface area contributed by atoms with Gasteiger partial charge in [-0.25, -0.2) is 18.1 Å². The summed E-state index contributed by atoms with van der Waals surface area (Å²) in [5.41, 5.74) is 0.427. The smallest absolute Gasteiger partial charge is 0.243 e. The Morgan fingerprint density at radius 1 is 1.41 bits per heavy atom. The maximum atomic E-state index is 12.4. The third-order valence-electron chi connectivity index (χ3n) is 3.62. The summed E-state index contributed by atoms with van der Waals surface area (Å²) in [4.78, 5) is 20.4. The van der Waals surface area contributed by atoms with Crippen molar-refractivity contribution in [2.45, 2.75) is 17.7 Å². The molecule has 2 aromatic rings. The van der Waals surface area contributed by atoms with Crippen LogP contribution in [-0.4, -0.2) is 48.8 Å². The van der Waals surface area contributed by atoms with Gasteiger partial charge in [-0.15, -0.1) is 0 Å². The van der Waals surface area contributed by atoms with E-state index in [1.165, 1.54) is 18.5 Å². The zero-order valence-corrected chi connectivity index (χ0v) is 13.2. The van der Waals surface area contributed by atoms with Gasteiger partial charge in [0.15, 0.2) is 0 Å². The number of hydrogen-bond acceptors (Lipinski definition) is 4. The average molecular weight is 343 g/mol. The Kier molecular flexibility index (Phi) is 4.07. The fraction of sp³-hybridized carbons (Fsp3) is 0.385. The lowest BCUT2D eigenvalue weighted by molar-refractivity contribution is -0.128. The van der Waals surface area contributed by atoms with Crippen LogP contribution in [0.25, 0.3) is 11.0 Å². The SMILES string of the molecule is O=C(CNS(=O)(=O)c1c[nH]c2ncc(Cl)cc12)N1CCCC1. The molecule has 118 valence electrons. The molecule has 1 saturated heterocycles. The van der Waals surface area contributed by atoms with Gasteiger partial charge in [0.05, 0.1) is 11.6 Å². The molecule has 2 aromatic heterocycles.